The minimum absolute atomic E-state index is 0. The Bertz CT molecular complexity index is 898. The normalized spacial score (nSPS) is 13.2. The molecule has 1 aliphatic rings. The molecule has 0 saturated carbocycles. The Morgan fingerprint density at radius 2 is 1.94 bits per heavy atom. The number of hydrogen-bond donors (Lipinski definition) is 2. The van der Waals surface area contributed by atoms with E-state index in [1.54, 1.807) is 30.1 Å². The molecule has 2 aromatic rings. The van der Waals surface area contributed by atoms with Gasteiger partial charge in [0.25, 0.3) is 5.91 Å². The number of nitrogens with one attached hydrogen (secondary N) is 2. The lowest BCUT2D eigenvalue weighted by Crippen LogP contribution is -2.42. The van der Waals surface area contributed by atoms with Crippen LogP contribution in [0.2, 0.25) is 0 Å². The molecule has 0 atom stereocenters. The largest absolute Gasteiger partial charge is 0.482 e. The maximum absolute atomic E-state index is 12.5. The van der Waals surface area contributed by atoms with Crippen molar-refractivity contribution < 1.29 is 23.0 Å². The first kappa shape index (κ1) is 24.6. The van der Waals surface area contributed by atoms with Crippen molar-refractivity contribution in [2.24, 2.45) is 4.99 Å². The van der Waals surface area contributed by atoms with Crippen LogP contribution in [0, 0.1) is 0 Å². The first-order chi connectivity index (χ1) is 14.6. The van der Waals surface area contributed by atoms with Crippen molar-refractivity contribution >= 4 is 41.5 Å². The van der Waals surface area contributed by atoms with E-state index in [4.69, 9.17) is 4.74 Å². The van der Waals surface area contributed by atoms with E-state index in [2.05, 4.69) is 20.4 Å². The third-order valence-electron chi connectivity index (χ3n) is 4.52. The summed E-state index contributed by atoms with van der Waals surface area (Å²) in [6.07, 6.45) is 0.686. The van der Waals surface area contributed by atoms with Gasteiger partial charge in [0.2, 0.25) is 0 Å². The quantitative estimate of drug-likeness (QED) is 0.230. The number of anilines is 1. The van der Waals surface area contributed by atoms with Gasteiger partial charge < -0.3 is 25.0 Å². The zero-order valence-electron chi connectivity index (χ0n) is 17.0. The number of benzene rings is 2. The van der Waals surface area contributed by atoms with Gasteiger partial charge in [0, 0.05) is 32.2 Å². The van der Waals surface area contributed by atoms with E-state index in [9.17, 15) is 13.6 Å². The second kappa shape index (κ2) is 12.3. The predicted molar refractivity (Wildman–Crippen MR) is 126 cm³/mol. The predicted octanol–water partition coefficient (Wildman–Crippen LogP) is 3.39. The van der Waals surface area contributed by atoms with Crippen molar-refractivity contribution in [3.8, 4) is 11.5 Å². The van der Waals surface area contributed by atoms with E-state index < -0.39 is 6.61 Å². The number of hydrogen-bond acceptors (Lipinski definition) is 4. The highest BCUT2D eigenvalue weighted by molar-refractivity contribution is 14.0. The van der Waals surface area contributed by atoms with Gasteiger partial charge in [-0.3, -0.25) is 9.79 Å². The van der Waals surface area contributed by atoms with Gasteiger partial charge in [-0.05, 0) is 24.6 Å². The number of para-hydroxylation sites is 3. The lowest BCUT2D eigenvalue weighted by molar-refractivity contribution is -0.121. The molecule has 31 heavy (non-hydrogen) atoms. The lowest BCUT2D eigenvalue weighted by atomic mass is 10.2. The molecule has 1 aliphatic heterocycles. The molecule has 0 radical (unpaired) electrons. The van der Waals surface area contributed by atoms with Crippen molar-refractivity contribution in [2.45, 2.75) is 19.6 Å². The number of halogens is 3. The van der Waals surface area contributed by atoms with E-state index in [0.717, 1.165) is 5.69 Å². The third kappa shape index (κ3) is 6.94. The Balaban J connectivity index is 0.00000341. The minimum Gasteiger partial charge on any atom is -0.482 e. The van der Waals surface area contributed by atoms with Crippen LogP contribution in [0.15, 0.2) is 53.5 Å². The van der Waals surface area contributed by atoms with Gasteiger partial charge >= 0.3 is 6.61 Å². The van der Waals surface area contributed by atoms with E-state index >= 15 is 0 Å². The number of fused-ring (bicyclic) bond motifs is 1. The Labute approximate surface area is 196 Å². The number of rotatable bonds is 8. The molecule has 0 saturated heterocycles. The number of nitrogens with zero attached hydrogens (tertiary/aromatic N) is 2. The summed E-state index contributed by atoms with van der Waals surface area (Å²) in [4.78, 5) is 18.0. The lowest BCUT2D eigenvalue weighted by Gasteiger charge is -2.29. The summed E-state index contributed by atoms with van der Waals surface area (Å²) in [6.45, 7) is -1.46. The van der Waals surface area contributed by atoms with E-state index in [1.807, 2.05) is 24.3 Å². The van der Waals surface area contributed by atoms with Gasteiger partial charge in [0.1, 0.15) is 11.5 Å². The van der Waals surface area contributed by atoms with Crippen LogP contribution in [0.1, 0.15) is 12.0 Å². The summed E-state index contributed by atoms with van der Waals surface area (Å²) in [5.41, 5.74) is 1.36. The van der Waals surface area contributed by atoms with Gasteiger partial charge in [0.05, 0.1) is 5.69 Å². The van der Waals surface area contributed by atoms with Gasteiger partial charge in [-0.2, -0.15) is 8.78 Å². The summed E-state index contributed by atoms with van der Waals surface area (Å²) in [7, 11) is 1.62. The summed E-state index contributed by atoms with van der Waals surface area (Å²) >= 11 is 0. The summed E-state index contributed by atoms with van der Waals surface area (Å²) in [5.74, 6) is 1.27. The first-order valence-electron chi connectivity index (χ1n) is 9.58. The highest BCUT2D eigenvalue weighted by Crippen LogP contribution is 2.31. The number of guanidine groups is 1. The van der Waals surface area contributed by atoms with Crippen LogP contribution in [-0.4, -0.2) is 45.2 Å². The third-order valence-corrected chi connectivity index (χ3v) is 4.52. The van der Waals surface area contributed by atoms with Crippen LogP contribution < -0.4 is 25.0 Å². The van der Waals surface area contributed by atoms with Crippen LogP contribution in [-0.2, 0) is 11.3 Å². The second-order valence-electron chi connectivity index (χ2n) is 6.49. The Morgan fingerprint density at radius 1 is 1.19 bits per heavy atom. The fraction of sp³-hybridized carbons (Fsp3) is 0.333. The average Bonchev–Trinajstić information content (AvgIpc) is 2.75. The van der Waals surface area contributed by atoms with Gasteiger partial charge in [-0.1, -0.05) is 30.3 Å². The Hall–Kier alpha value is -2.63. The molecule has 1 amide bonds. The maximum atomic E-state index is 12.5. The highest BCUT2D eigenvalue weighted by atomic mass is 127. The molecule has 0 fully saturated rings. The molecule has 10 heteroatoms. The molecule has 2 aromatic carbocycles. The van der Waals surface area contributed by atoms with E-state index in [1.165, 1.54) is 6.07 Å². The molecule has 0 spiro atoms. The SMILES string of the molecule is CN=C(NCCCN1C(=O)COc2ccccc21)NCc1ccccc1OC(F)F.I. The molecule has 7 nitrogen and oxygen atoms in total. The summed E-state index contributed by atoms with van der Waals surface area (Å²) < 4.78 is 35.0. The minimum atomic E-state index is -2.88. The van der Waals surface area contributed by atoms with Gasteiger partial charge in [0.15, 0.2) is 12.6 Å². The number of ether oxygens (including phenoxy) is 2. The molecule has 2 N–H and O–H groups in total. The van der Waals surface area contributed by atoms with Crippen LogP contribution in [0.25, 0.3) is 0 Å². The fourth-order valence-electron chi connectivity index (χ4n) is 3.10. The zero-order valence-corrected chi connectivity index (χ0v) is 19.3. The van der Waals surface area contributed by atoms with Crippen LogP contribution >= 0.6 is 24.0 Å². The number of carbonyl (C=O) groups excluding carboxylic acids is 1. The number of amides is 1. The zero-order chi connectivity index (χ0) is 21.3. The van der Waals surface area contributed by atoms with Gasteiger partial charge in [-0.15, -0.1) is 24.0 Å². The molecule has 0 aliphatic carbocycles. The van der Waals surface area contributed by atoms with Crippen molar-refractivity contribution in [3.63, 3.8) is 0 Å². The number of carbonyl (C=O) groups is 1. The Morgan fingerprint density at radius 3 is 2.71 bits per heavy atom. The van der Waals surface area contributed by atoms with Crippen molar-refractivity contribution in [3.05, 3.63) is 54.1 Å². The maximum Gasteiger partial charge on any atom is 0.387 e. The molecule has 0 aromatic heterocycles. The fourth-order valence-corrected chi connectivity index (χ4v) is 3.10. The molecule has 0 unspecified atom stereocenters. The van der Waals surface area contributed by atoms with Gasteiger partial charge in [-0.25, -0.2) is 0 Å². The van der Waals surface area contributed by atoms with Crippen LogP contribution in [0.5, 0.6) is 11.5 Å². The number of aliphatic imine (C=N–C) groups is 1. The van der Waals surface area contributed by atoms with E-state index in [0.29, 0.717) is 36.8 Å². The smallest absolute Gasteiger partial charge is 0.387 e. The summed E-state index contributed by atoms with van der Waals surface area (Å²) in [6, 6.07) is 14.0. The second-order valence-corrected chi connectivity index (χ2v) is 6.49. The topological polar surface area (TPSA) is 75.2 Å². The molecule has 1 heterocycles. The van der Waals surface area contributed by atoms with E-state index in [-0.39, 0.29) is 48.8 Å². The standard InChI is InChI=1S/C21H24F2N4O3.HI/c1-24-21(26-13-15-7-2-4-9-17(15)30-20(22)23)25-11-6-12-27-16-8-3-5-10-18(16)29-14-19(27)28;/h2-5,7-10,20H,6,11-14H2,1H3,(H2,24,25,26);1H. The van der Waals surface area contributed by atoms with Crippen molar-refractivity contribution in [1.29, 1.82) is 0 Å². The van der Waals surface area contributed by atoms with Crippen molar-refractivity contribution in [2.75, 3.05) is 31.6 Å². The molecule has 168 valence electrons. The van der Waals surface area contributed by atoms with Crippen LogP contribution in [0.3, 0.4) is 0 Å². The monoisotopic (exact) mass is 546 g/mol. The molecule has 3 rings (SSSR count). The summed E-state index contributed by atoms with van der Waals surface area (Å²) in [5, 5.41) is 6.23. The Kier molecular flexibility index (Phi) is 9.76. The first-order valence-corrected chi connectivity index (χ1v) is 9.58. The van der Waals surface area contributed by atoms with Crippen molar-refractivity contribution in [1.82, 2.24) is 10.6 Å². The average molecular weight is 546 g/mol. The van der Waals surface area contributed by atoms with Crippen LogP contribution in [0.4, 0.5) is 14.5 Å². The molecular weight excluding hydrogens is 521 g/mol. The molecular formula is C21H25F2IN4O3. The highest BCUT2D eigenvalue weighted by Gasteiger charge is 2.24. The number of alkyl halides is 2. The molecule has 0 bridgehead atoms.